The van der Waals surface area contributed by atoms with Gasteiger partial charge in [0.2, 0.25) is 0 Å². The summed E-state index contributed by atoms with van der Waals surface area (Å²) in [4.78, 5) is 2.23. The summed E-state index contributed by atoms with van der Waals surface area (Å²) in [7, 11) is 0. The van der Waals surface area contributed by atoms with E-state index >= 15 is 0 Å². The lowest BCUT2D eigenvalue weighted by atomic mass is 10.2. The zero-order chi connectivity index (χ0) is 12.5. The van der Waals surface area contributed by atoms with Gasteiger partial charge in [0, 0.05) is 6.54 Å². The van der Waals surface area contributed by atoms with Crippen molar-refractivity contribution in [1.82, 2.24) is 4.90 Å². The lowest BCUT2D eigenvalue weighted by Gasteiger charge is -2.23. The Hall–Kier alpha value is -1.06. The molecule has 3 nitrogen and oxygen atoms in total. The number of furan rings is 1. The Balaban J connectivity index is 2.39. The minimum absolute atomic E-state index is 0.283. The number of hydrogen-bond donors (Lipinski definition) is 1. The van der Waals surface area contributed by atoms with Crippen LogP contribution in [0.2, 0.25) is 0 Å². The van der Waals surface area contributed by atoms with Gasteiger partial charge in [-0.05, 0) is 37.9 Å². The molecule has 1 atom stereocenters. The Labute approximate surface area is 104 Å². The zero-order valence-electron chi connectivity index (χ0n) is 10.6. The van der Waals surface area contributed by atoms with Crippen LogP contribution < -0.4 is 0 Å². The molecule has 1 heterocycles. The van der Waals surface area contributed by atoms with Crippen molar-refractivity contribution in [2.24, 2.45) is 0 Å². The predicted molar refractivity (Wildman–Crippen MR) is 69.7 cm³/mol. The third kappa shape index (κ3) is 5.71. The molecule has 1 aromatic rings. The highest BCUT2D eigenvalue weighted by Crippen LogP contribution is 2.08. The average Bonchev–Trinajstić information content (AvgIpc) is 2.79. The zero-order valence-corrected chi connectivity index (χ0v) is 10.6. The molecule has 3 heteroatoms. The van der Waals surface area contributed by atoms with Crippen molar-refractivity contribution in [2.45, 2.75) is 38.8 Å². The number of allylic oxidation sites excluding steroid dienone is 1. The van der Waals surface area contributed by atoms with Gasteiger partial charge in [-0.25, -0.2) is 0 Å². The van der Waals surface area contributed by atoms with E-state index in [-0.39, 0.29) is 6.10 Å². The Kier molecular flexibility index (Phi) is 6.67. The molecule has 0 amide bonds. The highest BCUT2D eigenvalue weighted by molar-refractivity contribution is 4.97. The molecule has 17 heavy (non-hydrogen) atoms. The van der Waals surface area contributed by atoms with Gasteiger partial charge in [0.25, 0.3) is 0 Å². The van der Waals surface area contributed by atoms with Crippen molar-refractivity contribution in [2.75, 3.05) is 13.1 Å². The minimum atomic E-state index is -0.283. The Morgan fingerprint density at radius 1 is 1.59 bits per heavy atom. The molecule has 1 aromatic heterocycles. The molecule has 1 N–H and O–H groups in total. The smallest absolute Gasteiger partial charge is 0.117 e. The lowest BCUT2D eigenvalue weighted by molar-refractivity contribution is 0.0985. The van der Waals surface area contributed by atoms with Crippen molar-refractivity contribution in [3.63, 3.8) is 0 Å². The Bertz CT molecular complexity index is 295. The fourth-order valence-electron chi connectivity index (χ4n) is 1.87. The van der Waals surface area contributed by atoms with E-state index in [0.717, 1.165) is 38.1 Å². The minimum Gasteiger partial charge on any atom is -0.468 e. The molecule has 0 fully saturated rings. The molecule has 0 aromatic carbocycles. The predicted octanol–water partition coefficient (Wildman–Crippen LogP) is 2.82. The first-order chi connectivity index (χ1) is 8.26. The third-order valence-corrected chi connectivity index (χ3v) is 2.67. The van der Waals surface area contributed by atoms with Crippen LogP contribution in [0.25, 0.3) is 0 Å². The van der Waals surface area contributed by atoms with Gasteiger partial charge in [0.1, 0.15) is 5.76 Å². The Morgan fingerprint density at radius 3 is 3.00 bits per heavy atom. The normalized spacial score (nSPS) is 12.9. The van der Waals surface area contributed by atoms with Crippen LogP contribution in [-0.4, -0.2) is 29.2 Å². The van der Waals surface area contributed by atoms with Crippen LogP contribution >= 0.6 is 0 Å². The molecule has 0 unspecified atom stereocenters. The topological polar surface area (TPSA) is 36.6 Å². The average molecular weight is 237 g/mol. The van der Waals surface area contributed by atoms with E-state index in [4.69, 9.17) is 4.42 Å². The number of rotatable bonds is 9. The van der Waals surface area contributed by atoms with E-state index in [1.165, 1.54) is 0 Å². The molecule has 96 valence electrons. The molecule has 0 bridgehead atoms. The van der Waals surface area contributed by atoms with Crippen LogP contribution in [0.5, 0.6) is 0 Å². The number of nitrogens with zero attached hydrogens (tertiary/aromatic N) is 1. The molecular formula is C14H23NO2. The van der Waals surface area contributed by atoms with Crippen molar-refractivity contribution >= 4 is 0 Å². The summed E-state index contributed by atoms with van der Waals surface area (Å²) in [6.45, 7) is 8.26. The standard InChI is InChI=1S/C14H23NO2/c1-3-5-7-13(16)11-15(9-4-2)12-14-8-6-10-17-14/h3,6,8,10,13,16H,1,4-5,7,9,11-12H2,2H3/t13-/m1/s1. The second-order valence-electron chi connectivity index (χ2n) is 4.33. The molecule has 0 radical (unpaired) electrons. The van der Waals surface area contributed by atoms with E-state index in [1.807, 2.05) is 18.2 Å². The summed E-state index contributed by atoms with van der Waals surface area (Å²) < 4.78 is 5.33. The molecule has 0 saturated carbocycles. The van der Waals surface area contributed by atoms with E-state index < -0.39 is 0 Å². The van der Waals surface area contributed by atoms with Crippen LogP contribution in [0.1, 0.15) is 31.9 Å². The van der Waals surface area contributed by atoms with E-state index in [0.29, 0.717) is 6.54 Å². The quantitative estimate of drug-likeness (QED) is 0.671. The van der Waals surface area contributed by atoms with Crippen molar-refractivity contribution in [1.29, 1.82) is 0 Å². The fourth-order valence-corrected chi connectivity index (χ4v) is 1.87. The van der Waals surface area contributed by atoms with Crippen molar-refractivity contribution < 1.29 is 9.52 Å². The largest absolute Gasteiger partial charge is 0.468 e. The summed E-state index contributed by atoms with van der Waals surface area (Å²) >= 11 is 0. The number of aliphatic hydroxyl groups excluding tert-OH is 1. The van der Waals surface area contributed by atoms with Crippen molar-refractivity contribution in [3.8, 4) is 0 Å². The first-order valence-electron chi connectivity index (χ1n) is 6.30. The van der Waals surface area contributed by atoms with Crippen LogP contribution in [-0.2, 0) is 6.54 Å². The van der Waals surface area contributed by atoms with Gasteiger partial charge < -0.3 is 9.52 Å². The highest BCUT2D eigenvalue weighted by atomic mass is 16.3. The van der Waals surface area contributed by atoms with E-state index in [1.54, 1.807) is 6.26 Å². The van der Waals surface area contributed by atoms with E-state index in [9.17, 15) is 5.11 Å². The first kappa shape index (κ1) is 14.0. The summed E-state index contributed by atoms with van der Waals surface area (Å²) in [5.41, 5.74) is 0. The highest BCUT2D eigenvalue weighted by Gasteiger charge is 2.12. The van der Waals surface area contributed by atoms with Gasteiger partial charge in [-0.1, -0.05) is 13.0 Å². The van der Waals surface area contributed by atoms with Crippen LogP contribution in [0.15, 0.2) is 35.5 Å². The molecule has 0 saturated heterocycles. The Morgan fingerprint density at radius 2 is 2.41 bits per heavy atom. The molecule has 1 rings (SSSR count). The van der Waals surface area contributed by atoms with Gasteiger partial charge in [0.05, 0.1) is 18.9 Å². The van der Waals surface area contributed by atoms with Gasteiger partial charge in [0.15, 0.2) is 0 Å². The third-order valence-electron chi connectivity index (χ3n) is 2.67. The second kappa shape index (κ2) is 8.09. The van der Waals surface area contributed by atoms with Crippen LogP contribution in [0, 0.1) is 0 Å². The summed E-state index contributed by atoms with van der Waals surface area (Å²) in [6.07, 6.45) is 5.97. The van der Waals surface area contributed by atoms with Gasteiger partial charge in [-0.15, -0.1) is 6.58 Å². The van der Waals surface area contributed by atoms with Gasteiger partial charge >= 0.3 is 0 Å². The number of aliphatic hydroxyl groups is 1. The maximum atomic E-state index is 9.89. The van der Waals surface area contributed by atoms with Gasteiger partial charge in [-0.2, -0.15) is 0 Å². The number of hydrogen-bond acceptors (Lipinski definition) is 3. The van der Waals surface area contributed by atoms with E-state index in [2.05, 4.69) is 18.4 Å². The monoisotopic (exact) mass is 237 g/mol. The second-order valence-corrected chi connectivity index (χ2v) is 4.33. The molecule has 0 spiro atoms. The molecular weight excluding hydrogens is 214 g/mol. The maximum absolute atomic E-state index is 9.89. The lowest BCUT2D eigenvalue weighted by Crippen LogP contribution is -2.32. The van der Waals surface area contributed by atoms with Crippen molar-refractivity contribution in [3.05, 3.63) is 36.8 Å². The van der Waals surface area contributed by atoms with Crippen LogP contribution in [0.3, 0.4) is 0 Å². The molecule has 0 aliphatic heterocycles. The summed E-state index contributed by atoms with van der Waals surface area (Å²) in [5, 5.41) is 9.89. The summed E-state index contributed by atoms with van der Waals surface area (Å²) in [5.74, 6) is 0.953. The molecule has 0 aliphatic rings. The summed E-state index contributed by atoms with van der Waals surface area (Å²) in [6, 6.07) is 3.87. The SMILES string of the molecule is C=CCC[C@@H](O)CN(CCC)Cc1ccco1. The van der Waals surface area contributed by atoms with Crippen LogP contribution in [0.4, 0.5) is 0 Å². The first-order valence-corrected chi connectivity index (χ1v) is 6.30. The fraction of sp³-hybridized carbons (Fsp3) is 0.571. The van der Waals surface area contributed by atoms with Gasteiger partial charge in [-0.3, -0.25) is 4.90 Å². The molecule has 0 aliphatic carbocycles. The maximum Gasteiger partial charge on any atom is 0.117 e.